The van der Waals surface area contributed by atoms with E-state index in [2.05, 4.69) is 15.6 Å². The molecule has 15 heavy (non-hydrogen) atoms. The Hall–Kier alpha value is -1.78. The average Bonchev–Trinajstić information content (AvgIpc) is 2.18. The standard InChI is InChI=1S/C10H16N4O/c1-7-6-14-10(5-9(7)11)13-4-3-12-8(2)15/h5-6H,3-4H2,1-2H3,(H,12,15)(H3,11,13,14). The van der Waals surface area contributed by atoms with Gasteiger partial charge in [0, 0.05) is 38.0 Å². The van der Waals surface area contributed by atoms with Gasteiger partial charge in [0.05, 0.1) is 0 Å². The molecule has 0 bridgehead atoms. The van der Waals surface area contributed by atoms with E-state index in [1.165, 1.54) is 6.92 Å². The number of anilines is 2. The first-order valence-corrected chi connectivity index (χ1v) is 4.80. The summed E-state index contributed by atoms with van der Waals surface area (Å²) in [6.45, 7) is 4.60. The second-order valence-corrected chi connectivity index (χ2v) is 3.34. The lowest BCUT2D eigenvalue weighted by atomic mass is 10.2. The van der Waals surface area contributed by atoms with Crippen molar-refractivity contribution in [3.05, 3.63) is 17.8 Å². The van der Waals surface area contributed by atoms with E-state index in [-0.39, 0.29) is 5.91 Å². The number of nitrogen functional groups attached to an aromatic ring is 1. The Bertz CT molecular complexity index is 351. The first-order valence-electron chi connectivity index (χ1n) is 4.80. The van der Waals surface area contributed by atoms with E-state index in [0.29, 0.717) is 18.8 Å². The molecule has 1 rings (SSSR count). The third-order valence-electron chi connectivity index (χ3n) is 1.95. The van der Waals surface area contributed by atoms with Crippen molar-refractivity contribution in [2.75, 3.05) is 24.1 Å². The highest BCUT2D eigenvalue weighted by Crippen LogP contribution is 2.12. The Labute approximate surface area is 89.1 Å². The molecule has 0 radical (unpaired) electrons. The molecule has 0 aliphatic carbocycles. The maximum absolute atomic E-state index is 10.6. The van der Waals surface area contributed by atoms with Gasteiger partial charge in [-0.2, -0.15) is 0 Å². The number of aryl methyl sites for hydroxylation is 1. The van der Waals surface area contributed by atoms with Crippen molar-refractivity contribution in [3.8, 4) is 0 Å². The lowest BCUT2D eigenvalue weighted by Gasteiger charge is -2.07. The minimum absolute atomic E-state index is 0.0341. The van der Waals surface area contributed by atoms with Crippen molar-refractivity contribution in [2.45, 2.75) is 13.8 Å². The number of amides is 1. The van der Waals surface area contributed by atoms with E-state index < -0.39 is 0 Å². The molecular weight excluding hydrogens is 192 g/mol. The van der Waals surface area contributed by atoms with Crippen LogP contribution in [0.25, 0.3) is 0 Å². The zero-order valence-electron chi connectivity index (χ0n) is 9.00. The minimum Gasteiger partial charge on any atom is -0.398 e. The van der Waals surface area contributed by atoms with Crippen molar-refractivity contribution < 1.29 is 4.79 Å². The molecule has 0 aliphatic rings. The summed E-state index contributed by atoms with van der Waals surface area (Å²) in [6, 6.07) is 1.78. The van der Waals surface area contributed by atoms with Crippen molar-refractivity contribution in [3.63, 3.8) is 0 Å². The molecule has 0 aliphatic heterocycles. The second kappa shape index (κ2) is 5.19. The maximum atomic E-state index is 10.6. The first kappa shape index (κ1) is 11.3. The Morgan fingerprint density at radius 2 is 2.27 bits per heavy atom. The number of hydrogen-bond acceptors (Lipinski definition) is 4. The fourth-order valence-corrected chi connectivity index (χ4v) is 1.07. The SMILES string of the molecule is CC(=O)NCCNc1cc(N)c(C)cn1. The predicted octanol–water partition coefficient (Wildman–Crippen LogP) is 0.520. The van der Waals surface area contributed by atoms with Crippen LogP contribution in [0, 0.1) is 6.92 Å². The highest BCUT2D eigenvalue weighted by Gasteiger charge is 1.97. The Morgan fingerprint density at radius 3 is 2.87 bits per heavy atom. The van der Waals surface area contributed by atoms with Gasteiger partial charge in [0.1, 0.15) is 5.82 Å². The second-order valence-electron chi connectivity index (χ2n) is 3.34. The van der Waals surface area contributed by atoms with Crippen molar-refractivity contribution in [1.29, 1.82) is 0 Å². The van der Waals surface area contributed by atoms with Gasteiger partial charge in [-0.1, -0.05) is 0 Å². The number of rotatable bonds is 4. The number of pyridine rings is 1. The summed E-state index contributed by atoms with van der Waals surface area (Å²) in [5.74, 6) is 0.691. The summed E-state index contributed by atoms with van der Waals surface area (Å²) in [5.41, 5.74) is 7.40. The number of nitrogens with zero attached hydrogens (tertiary/aromatic N) is 1. The number of nitrogens with one attached hydrogen (secondary N) is 2. The molecule has 82 valence electrons. The van der Waals surface area contributed by atoms with E-state index in [9.17, 15) is 4.79 Å². The quantitative estimate of drug-likeness (QED) is 0.630. The summed E-state index contributed by atoms with van der Waals surface area (Å²) < 4.78 is 0. The lowest BCUT2D eigenvalue weighted by Crippen LogP contribution is -2.26. The monoisotopic (exact) mass is 208 g/mol. The minimum atomic E-state index is -0.0341. The van der Waals surface area contributed by atoms with Gasteiger partial charge < -0.3 is 16.4 Å². The van der Waals surface area contributed by atoms with Gasteiger partial charge in [0.25, 0.3) is 0 Å². The van der Waals surface area contributed by atoms with Crippen LogP contribution in [-0.4, -0.2) is 24.0 Å². The van der Waals surface area contributed by atoms with Crippen molar-refractivity contribution in [2.24, 2.45) is 0 Å². The average molecular weight is 208 g/mol. The fraction of sp³-hybridized carbons (Fsp3) is 0.400. The normalized spacial score (nSPS) is 9.73. The van der Waals surface area contributed by atoms with Crippen LogP contribution in [0.4, 0.5) is 11.5 Å². The van der Waals surface area contributed by atoms with Crippen LogP contribution in [0.1, 0.15) is 12.5 Å². The lowest BCUT2D eigenvalue weighted by molar-refractivity contribution is -0.118. The molecule has 4 N–H and O–H groups in total. The van der Waals surface area contributed by atoms with Crippen LogP contribution in [0.15, 0.2) is 12.3 Å². The fourth-order valence-electron chi connectivity index (χ4n) is 1.07. The Morgan fingerprint density at radius 1 is 1.53 bits per heavy atom. The third kappa shape index (κ3) is 3.84. The Kier molecular flexibility index (Phi) is 3.91. The number of hydrogen-bond donors (Lipinski definition) is 3. The summed E-state index contributed by atoms with van der Waals surface area (Å²) in [5, 5.41) is 5.74. The van der Waals surface area contributed by atoms with Crippen LogP contribution in [0.5, 0.6) is 0 Å². The molecular formula is C10H16N4O. The summed E-state index contributed by atoms with van der Waals surface area (Å²) in [7, 11) is 0. The molecule has 0 spiro atoms. The highest BCUT2D eigenvalue weighted by atomic mass is 16.1. The van der Waals surface area contributed by atoms with Crippen LogP contribution >= 0.6 is 0 Å². The molecule has 5 nitrogen and oxygen atoms in total. The van der Waals surface area contributed by atoms with Gasteiger partial charge in [-0.05, 0) is 12.5 Å². The van der Waals surface area contributed by atoms with Crippen LogP contribution in [-0.2, 0) is 4.79 Å². The molecule has 1 amide bonds. The zero-order valence-corrected chi connectivity index (χ0v) is 9.00. The number of carbonyl (C=O) groups is 1. The smallest absolute Gasteiger partial charge is 0.216 e. The molecule has 0 saturated heterocycles. The summed E-state index contributed by atoms with van der Waals surface area (Å²) in [4.78, 5) is 14.7. The molecule has 1 aromatic heterocycles. The molecule has 0 saturated carbocycles. The van der Waals surface area contributed by atoms with Crippen molar-refractivity contribution >= 4 is 17.4 Å². The number of aromatic nitrogens is 1. The number of carbonyl (C=O) groups excluding carboxylic acids is 1. The van der Waals surface area contributed by atoms with Gasteiger partial charge in [-0.25, -0.2) is 4.98 Å². The van der Waals surface area contributed by atoms with Gasteiger partial charge in [-0.15, -0.1) is 0 Å². The Balaban J connectivity index is 2.38. The molecule has 5 heteroatoms. The summed E-state index contributed by atoms with van der Waals surface area (Å²) >= 11 is 0. The van der Waals surface area contributed by atoms with Crippen LogP contribution < -0.4 is 16.4 Å². The van der Waals surface area contributed by atoms with Crippen LogP contribution in [0.2, 0.25) is 0 Å². The largest absolute Gasteiger partial charge is 0.398 e. The van der Waals surface area contributed by atoms with Crippen LogP contribution in [0.3, 0.4) is 0 Å². The van der Waals surface area contributed by atoms with Gasteiger partial charge in [-0.3, -0.25) is 4.79 Å². The molecule has 1 heterocycles. The topological polar surface area (TPSA) is 80.0 Å². The number of nitrogens with two attached hydrogens (primary N) is 1. The van der Waals surface area contributed by atoms with E-state index in [0.717, 1.165) is 11.4 Å². The van der Waals surface area contributed by atoms with E-state index in [1.54, 1.807) is 12.3 Å². The van der Waals surface area contributed by atoms with E-state index >= 15 is 0 Å². The predicted molar refractivity (Wildman–Crippen MR) is 60.6 cm³/mol. The molecule has 0 fully saturated rings. The van der Waals surface area contributed by atoms with Gasteiger partial charge >= 0.3 is 0 Å². The molecule has 0 atom stereocenters. The molecule has 0 aromatic carbocycles. The molecule has 0 unspecified atom stereocenters. The zero-order chi connectivity index (χ0) is 11.3. The van der Waals surface area contributed by atoms with Gasteiger partial charge in [0.2, 0.25) is 5.91 Å². The molecule has 1 aromatic rings. The highest BCUT2D eigenvalue weighted by molar-refractivity contribution is 5.72. The third-order valence-corrected chi connectivity index (χ3v) is 1.95. The van der Waals surface area contributed by atoms with E-state index in [4.69, 9.17) is 5.73 Å². The van der Waals surface area contributed by atoms with Crippen molar-refractivity contribution in [1.82, 2.24) is 10.3 Å². The van der Waals surface area contributed by atoms with Gasteiger partial charge in [0.15, 0.2) is 0 Å². The first-order chi connectivity index (χ1) is 7.09. The maximum Gasteiger partial charge on any atom is 0.216 e. The van der Waals surface area contributed by atoms with E-state index in [1.807, 2.05) is 6.92 Å². The summed E-state index contributed by atoms with van der Waals surface area (Å²) in [6.07, 6.45) is 1.72.